The first-order valence-electron chi connectivity index (χ1n) is 7.32. The number of carbonyl (C=O) groups is 3. The fourth-order valence-corrected chi connectivity index (χ4v) is 3.08. The molecule has 7 nitrogen and oxygen atoms in total. The molecule has 1 heterocycles. The molecule has 2 amide bonds. The van der Waals surface area contributed by atoms with Crippen molar-refractivity contribution in [3.05, 3.63) is 53.6 Å². The highest BCUT2D eigenvalue weighted by molar-refractivity contribution is 6.36. The van der Waals surface area contributed by atoms with E-state index < -0.39 is 12.1 Å². The Labute approximate surface area is 137 Å². The number of Topliss-reactive ketones (excluding diaryl/α,β-unsaturated/α-hetero) is 2. The van der Waals surface area contributed by atoms with Crippen LogP contribution in [0.4, 0.5) is 16.2 Å². The molecule has 0 aromatic heterocycles. The van der Waals surface area contributed by atoms with Crippen LogP contribution in [0, 0.1) is 0 Å². The van der Waals surface area contributed by atoms with Crippen LogP contribution in [0.3, 0.4) is 0 Å². The SMILES string of the molecule is COc1cccc(NC(=O)NN2c3cccc4c3C(=O)C2C4=O)c1. The number of hydrogen-bond acceptors (Lipinski definition) is 5. The third-order valence-corrected chi connectivity index (χ3v) is 4.12. The van der Waals surface area contributed by atoms with Gasteiger partial charge in [-0.1, -0.05) is 18.2 Å². The number of fused-ring (bicyclic) bond motifs is 1. The topological polar surface area (TPSA) is 87.7 Å². The van der Waals surface area contributed by atoms with E-state index in [2.05, 4.69) is 10.7 Å². The Morgan fingerprint density at radius 3 is 2.71 bits per heavy atom. The minimum absolute atomic E-state index is 0.271. The average Bonchev–Trinajstić information content (AvgIpc) is 3.00. The summed E-state index contributed by atoms with van der Waals surface area (Å²) in [6.45, 7) is 0. The van der Waals surface area contributed by atoms with E-state index in [-0.39, 0.29) is 11.6 Å². The molecule has 0 fully saturated rings. The van der Waals surface area contributed by atoms with Gasteiger partial charge in [0.15, 0.2) is 17.6 Å². The maximum absolute atomic E-state index is 12.2. The number of ketones is 2. The van der Waals surface area contributed by atoms with Gasteiger partial charge in [0.05, 0.1) is 18.4 Å². The van der Waals surface area contributed by atoms with Gasteiger partial charge in [0, 0.05) is 17.3 Å². The Kier molecular flexibility index (Phi) is 3.02. The second kappa shape index (κ2) is 5.09. The van der Waals surface area contributed by atoms with Crippen molar-refractivity contribution in [2.24, 2.45) is 0 Å². The van der Waals surface area contributed by atoms with Gasteiger partial charge in [0.25, 0.3) is 0 Å². The van der Waals surface area contributed by atoms with Crippen LogP contribution >= 0.6 is 0 Å². The molecule has 1 aliphatic heterocycles. The molecule has 0 saturated heterocycles. The summed E-state index contributed by atoms with van der Waals surface area (Å²) in [5.74, 6) is 0.0466. The van der Waals surface area contributed by atoms with Crippen molar-refractivity contribution < 1.29 is 19.1 Å². The fraction of sp³-hybridized carbons (Fsp3) is 0.118. The van der Waals surface area contributed by atoms with Crippen molar-refractivity contribution in [2.75, 3.05) is 17.4 Å². The van der Waals surface area contributed by atoms with Crippen LogP contribution in [-0.2, 0) is 0 Å². The predicted octanol–water partition coefficient (Wildman–Crippen LogP) is 2.00. The number of methoxy groups -OCH3 is 1. The molecule has 0 saturated carbocycles. The van der Waals surface area contributed by atoms with E-state index in [1.165, 1.54) is 12.1 Å². The highest BCUT2D eigenvalue weighted by atomic mass is 16.5. The van der Waals surface area contributed by atoms with Crippen LogP contribution in [0.5, 0.6) is 5.75 Å². The molecular formula is C17H13N3O4. The summed E-state index contributed by atoms with van der Waals surface area (Å²) >= 11 is 0. The number of nitrogens with zero attached hydrogens (tertiary/aromatic N) is 1. The fourth-order valence-electron chi connectivity index (χ4n) is 3.08. The Bertz CT molecular complexity index is 885. The van der Waals surface area contributed by atoms with E-state index in [4.69, 9.17) is 4.74 Å². The first-order chi connectivity index (χ1) is 11.6. The zero-order chi connectivity index (χ0) is 16.8. The molecule has 7 heteroatoms. The van der Waals surface area contributed by atoms with Crippen LogP contribution in [0.25, 0.3) is 0 Å². The monoisotopic (exact) mass is 323 g/mol. The highest BCUT2D eigenvalue weighted by Gasteiger charge is 2.51. The quantitative estimate of drug-likeness (QED) is 0.844. The molecule has 1 unspecified atom stereocenters. The highest BCUT2D eigenvalue weighted by Crippen LogP contribution is 2.40. The molecule has 1 aliphatic carbocycles. The first-order valence-corrected chi connectivity index (χ1v) is 7.32. The number of hydrogen-bond donors (Lipinski definition) is 2. The van der Waals surface area contributed by atoms with Crippen molar-refractivity contribution in [2.45, 2.75) is 6.04 Å². The van der Waals surface area contributed by atoms with E-state index in [0.717, 1.165) is 0 Å². The van der Waals surface area contributed by atoms with Crippen LogP contribution in [-0.4, -0.2) is 30.7 Å². The van der Waals surface area contributed by atoms with E-state index >= 15 is 0 Å². The van der Waals surface area contributed by atoms with Crippen molar-refractivity contribution in [3.63, 3.8) is 0 Å². The van der Waals surface area contributed by atoms with Crippen molar-refractivity contribution in [3.8, 4) is 5.75 Å². The minimum atomic E-state index is -0.998. The van der Waals surface area contributed by atoms with Crippen LogP contribution in [0.1, 0.15) is 20.7 Å². The first kappa shape index (κ1) is 14.3. The van der Waals surface area contributed by atoms with Gasteiger partial charge in [-0.25, -0.2) is 10.2 Å². The number of anilines is 2. The van der Waals surface area contributed by atoms with Gasteiger partial charge < -0.3 is 10.1 Å². The maximum atomic E-state index is 12.2. The standard InChI is InChI=1S/C17H13N3O4/c1-24-10-5-2-4-9(8-10)18-17(23)19-20-12-7-3-6-11-13(12)16(22)14(20)15(11)21/h2-8,14H,1H3,(H2,18,19,23). The summed E-state index contributed by atoms with van der Waals surface area (Å²) in [5, 5.41) is 3.97. The van der Waals surface area contributed by atoms with Crippen LogP contribution in [0.2, 0.25) is 0 Å². The van der Waals surface area contributed by atoms with E-state index in [0.29, 0.717) is 28.3 Å². The molecule has 1 atom stereocenters. The Balaban J connectivity index is 1.55. The van der Waals surface area contributed by atoms with Crippen LogP contribution in [0.15, 0.2) is 42.5 Å². The summed E-state index contributed by atoms with van der Waals surface area (Å²) < 4.78 is 5.10. The second-order valence-corrected chi connectivity index (χ2v) is 5.50. The number of rotatable bonds is 3. The number of ether oxygens (including phenoxy) is 1. The smallest absolute Gasteiger partial charge is 0.338 e. The van der Waals surface area contributed by atoms with Gasteiger partial charge in [-0.3, -0.25) is 14.6 Å². The predicted molar refractivity (Wildman–Crippen MR) is 86.5 cm³/mol. The zero-order valence-corrected chi connectivity index (χ0v) is 12.7. The summed E-state index contributed by atoms with van der Waals surface area (Å²) in [6, 6.07) is 10.3. The van der Waals surface area contributed by atoms with E-state index in [9.17, 15) is 14.4 Å². The summed E-state index contributed by atoms with van der Waals surface area (Å²) in [5.41, 5.74) is 4.46. The summed E-state index contributed by atoms with van der Waals surface area (Å²) in [7, 11) is 1.53. The van der Waals surface area contributed by atoms with Crippen molar-refractivity contribution in [1.29, 1.82) is 0 Å². The average molecular weight is 323 g/mol. The largest absolute Gasteiger partial charge is 0.497 e. The normalized spacial score (nSPS) is 17.2. The van der Waals surface area contributed by atoms with Crippen LogP contribution < -0.4 is 20.5 Å². The van der Waals surface area contributed by atoms with Crippen molar-refractivity contribution >= 4 is 29.0 Å². The summed E-state index contributed by atoms with van der Waals surface area (Å²) in [4.78, 5) is 36.7. The molecule has 2 aliphatic rings. The molecule has 2 aromatic carbocycles. The van der Waals surface area contributed by atoms with Gasteiger partial charge in [-0.05, 0) is 18.2 Å². The zero-order valence-electron chi connectivity index (χ0n) is 12.7. The Morgan fingerprint density at radius 2 is 1.92 bits per heavy atom. The Morgan fingerprint density at radius 1 is 1.12 bits per heavy atom. The third-order valence-electron chi connectivity index (χ3n) is 4.12. The maximum Gasteiger partial charge on any atom is 0.338 e. The van der Waals surface area contributed by atoms with Gasteiger partial charge in [-0.15, -0.1) is 0 Å². The molecule has 2 N–H and O–H groups in total. The Hall–Kier alpha value is -3.35. The molecule has 24 heavy (non-hydrogen) atoms. The lowest BCUT2D eigenvalue weighted by atomic mass is 10.1. The number of benzene rings is 2. The van der Waals surface area contributed by atoms with E-state index in [1.807, 2.05) is 0 Å². The molecule has 120 valence electrons. The second-order valence-electron chi connectivity index (χ2n) is 5.50. The molecule has 2 bridgehead atoms. The minimum Gasteiger partial charge on any atom is -0.497 e. The molecule has 0 spiro atoms. The van der Waals surface area contributed by atoms with Gasteiger partial charge in [0.2, 0.25) is 0 Å². The molecule has 0 radical (unpaired) electrons. The van der Waals surface area contributed by atoms with E-state index in [1.54, 1.807) is 42.5 Å². The van der Waals surface area contributed by atoms with Gasteiger partial charge in [0.1, 0.15) is 5.75 Å². The number of amides is 2. The number of nitrogens with one attached hydrogen (secondary N) is 2. The van der Waals surface area contributed by atoms with Crippen molar-refractivity contribution in [1.82, 2.24) is 5.43 Å². The number of urea groups is 1. The lowest BCUT2D eigenvalue weighted by Crippen LogP contribution is -2.52. The molecule has 4 rings (SSSR count). The lowest BCUT2D eigenvalue weighted by molar-refractivity contribution is 0.0892. The van der Waals surface area contributed by atoms with Gasteiger partial charge >= 0.3 is 6.03 Å². The molecular weight excluding hydrogens is 310 g/mol. The number of carbonyl (C=O) groups excluding carboxylic acids is 3. The van der Waals surface area contributed by atoms with Gasteiger partial charge in [-0.2, -0.15) is 0 Å². The lowest BCUT2D eigenvalue weighted by Gasteiger charge is -2.27. The third kappa shape index (κ3) is 1.95. The molecule has 2 aromatic rings. The number of hydrazine groups is 1. The summed E-state index contributed by atoms with van der Waals surface area (Å²) in [6.07, 6.45) is 0.